The molecular weight excluding hydrogens is 346 g/mol. The average Bonchev–Trinajstić information content (AvgIpc) is 2.66. The molecule has 0 aliphatic rings. The number of hydrogen-bond donors (Lipinski definition) is 2. The van der Waals surface area contributed by atoms with Crippen LogP contribution in [0, 0.1) is 16.0 Å². The van der Waals surface area contributed by atoms with Crippen molar-refractivity contribution in [3.05, 3.63) is 75.8 Å². The lowest BCUT2D eigenvalue weighted by molar-refractivity contribution is -0.384. The van der Waals surface area contributed by atoms with Gasteiger partial charge in [0.15, 0.2) is 0 Å². The lowest BCUT2D eigenvalue weighted by Crippen LogP contribution is -2.46. The van der Waals surface area contributed by atoms with E-state index in [9.17, 15) is 19.7 Å². The van der Waals surface area contributed by atoms with Crippen molar-refractivity contribution < 1.29 is 14.5 Å². The number of carbonyl (C=O) groups is 2. The molecular formula is C20H23N3O4. The number of rotatable bonds is 7. The van der Waals surface area contributed by atoms with Gasteiger partial charge in [-0.3, -0.25) is 19.7 Å². The Labute approximate surface area is 157 Å². The third kappa shape index (κ3) is 5.37. The second-order valence-corrected chi connectivity index (χ2v) is 6.64. The van der Waals surface area contributed by atoms with Gasteiger partial charge >= 0.3 is 0 Å². The molecule has 0 bridgehead atoms. The number of nitro groups is 1. The molecule has 0 spiro atoms. The maximum absolute atomic E-state index is 12.5. The van der Waals surface area contributed by atoms with E-state index in [0.717, 1.165) is 5.56 Å². The summed E-state index contributed by atoms with van der Waals surface area (Å²) in [7, 11) is 0. The summed E-state index contributed by atoms with van der Waals surface area (Å²) < 4.78 is 0. The molecule has 0 heterocycles. The highest BCUT2D eigenvalue weighted by Crippen LogP contribution is 2.21. The minimum atomic E-state index is -0.790. The van der Waals surface area contributed by atoms with E-state index >= 15 is 0 Å². The van der Waals surface area contributed by atoms with Crippen molar-refractivity contribution in [3.8, 4) is 0 Å². The molecule has 27 heavy (non-hydrogen) atoms. The zero-order valence-corrected chi connectivity index (χ0v) is 15.5. The lowest BCUT2D eigenvalue weighted by atomic mass is 9.96. The van der Waals surface area contributed by atoms with Gasteiger partial charge in [-0.1, -0.05) is 50.2 Å². The first kappa shape index (κ1) is 20.1. The summed E-state index contributed by atoms with van der Waals surface area (Å²) in [5, 5.41) is 16.4. The Bertz CT molecular complexity index is 821. The fourth-order valence-corrected chi connectivity index (χ4v) is 2.68. The summed E-state index contributed by atoms with van der Waals surface area (Å²) in [6.45, 7) is 5.58. The summed E-state index contributed by atoms with van der Waals surface area (Å²) in [5.74, 6) is -0.700. The van der Waals surface area contributed by atoms with E-state index in [2.05, 4.69) is 10.6 Å². The predicted molar refractivity (Wildman–Crippen MR) is 102 cm³/mol. The Morgan fingerprint density at radius 3 is 2.22 bits per heavy atom. The topological polar surface area (TPSA) is 101 Å². The summed E-state index contributed by atoms with van der Waals surface area (Å²) in [5.41, 5.74) is 0.939. The Kier molecular flexibility index (Phi) is 6.65. The molecule has 2 aromatic rings. The average molecular weight is 369 g/mol. The van der Waals surface area contributed by atoms with E-state index in [0.29, 0.717) is 0 Å². The minimum absolute atomic E-state index is 0.132. The Morgan fingerprint density at radius 1 is 0.963 bits per heavy atom. The van der Waals surface area contributed by atoms with Gasteiger partial charge in [-0.15, -0.1) is 0 Å². The van der Waals surface area contributed by atoms with Gasteiger partial charge in [0.1, 0.15) is 6.04 Å². The number of nitrogens with one attached hydrogen (secondary N) is 2. The van der Waals surface area contributed by atoms with Crippen molar-refractivity contribution in [3.63, 3.8) is 0 Å². The standard InChI is InChI=1S/C20H23N3O4/c1-13(2)18(15-8-5-4-6-9-15)22-19(24)14(3)21-20(25)16-10-7-11-17(12-16)23(26)27/h4-14,18H,1-3H3,(H,21,25)(H,22,24). The van der Waals surface area contributed by atoms with Crippen molar-refractivity contribution in [1.29, 1.82) is 0 Å². The van der Waals surface area contributed by atoms with Gasteiger partial charge in [-0.25, -0.2) is 0 Å². The molecule has 0 fully saturated rings. The van der Waals surface area contributed by atoms with Gasteiger partial charge in [-0.2, -0.15) is 0 Å². The maximum Gasteiger partial charge on any atom is 0.270 e. The molecule has 0 aliphatic carbocycles. The number of carbonyl (C=O) groups excluding carboxylic acids is 2. The SMILES string of the molecule is CC(NC(=O)c1cccc([N+](=O)[O-])c1)C(=O)NC(c1ccccc1)C(C)C. The smallest absolute Gasteiger partial charge is 0.270 e. The molecule has 2 amide bonds. The fourth-order valence-electron chi connectivity index (χ4n) is 2.68. The highest BCUT2D eigenvalue weighted by molar-refractivity contribution is 5.97. The van der Waals surface area contributed by atoms with E-state index in [1.54, 1.807) is 6.92 Å². The first-order valence-electron chi connectivity index (χ1n) is 8.70. The lowest BCUT2D eigenvalue weighted by Gasteiger charge is -2.25. The molecule has 0 aromatic heterocycles. The highest BCUT2D eigenvalue weighted by Gasteiger charge is 2.23. The van der Waals surface area contributed by atoms with Gasteiger partial charge in [-0.05, 0) is 24.5 Å². The van der Waals surface area contributed by atoms with Gasteiger partial charge in [0.25, 0.3) is 11.6 Å². The van der Waals surface area contributed by atoms with Crippen molar-refractivity contribution >= 4 is 17.5 Å². The molecule has 7 heteroatoms. The van der Waals surface area contributed by atoms with Crippen LogP contribution in [0.4, 0.5) is 5.69 Å². The summed E-state index contributed by atoms with van der Waals surface area (Å²) in [6.07, 6.45) is 0. The third-order valence-corrected chi connectivity index (χ3v) is 4.18. The number of nitrogens with zero attached hydrogens (tertiary/aromatic N) is 1. The van der Waals surface area contributed by atoms with Crippen LogP contribution in [0.2, 0.25) is 0 Å². The van der Waals surface area contributed by atoms with Crippen molar-refractivity contribution in [2.24, 2.45) is 5.92 Å². The van der Waals surface area contributed by atoms with E-state index in [-0.39, 0.29) is 29.1 Å². The Morgan fingerprint density at radius 2 is 1.63 bits per heavy atom. The van der Waals surface area contributed by atoms with Crippen LogP contribution < -0.4 is 10.6 Å². The van der Waals surface area contributed by atoms with Gasteiger partial charge in [0.2, 0.25) is 5.91 Å². The molecule has 0 saturated carbocycles. The molecule has 2 unspecified atom stereocenters. The maximum atomic E-state index is 12.5. The molecule has 7 nitrogen and oxygen atoms in total. The van der Waals surface area contributed by atoms with Crippen LogP contribution in [0.5, 0.6) is 0 Å². The largest absolute Gasteiger partial charge is 0.347 e. The summed E-state index contributed by atoms with van der Waals surface area (Å²) in [6, 6.07) is 14.0. The second-order valence-electron chi connectivity index (χ2n) is 6.64. The number of nitro benzene ring substituents is 1. The molecule has 142 valence electrons. The van der Waals surface area contributed by atoms with Crippen LogP contribution in [0.1, 0.15) is 42.7 Å². The number of hydrogen-bond acceptors (Lipinski definition) is 4. The van der Waals surface area contributed by atoms with Crippen LogP contribution in [0.25, 0.3) is 0 Å². The molecule has 2 atom stereocenters. The van der Waals surface area contributed by atoms with Gasteiger partial charge in [0.05, 0.1) is 11.0 Å². The van der Waals surface area contributed by atoms with Gasteiger partial charge < -0.3 is 10.6 Å². The van der Waals surface area contributed by atoms with Crippen molar-refractivity contribution in [1.82, 2.24) is 10.6 Å². The van der Waals surface area contributed by atoms with E-state index in [4.69, 9.17) is 0 Å². The van der Waals surface area contributed by atoms with Crippen LogP contribution in [-0.4, -0.2) is 22.8 Å². The molecule has 2 aromatic carbocycles. The summed E-state index contributed by atoms with van der Waals surface area (Å²) >= 11 is 0. The van der Waals surface area contributed by atoms with Crippen LogP contribution >= 0.6 is 0 Å². The van der Waals surface area contributed by atoms with Crippen molar-refractivity contribution in [2.45, 2.75) is 32.9 Å². The van der Waals surface area contributed by atoms with Crippen LogP contribution in [0.15, 0.2) is 54.6 Å². The normalized spacial score (nSPS) is 12.9. The Balaban J connectivity index is 2.05. The highest BCUT2D eigenvalue weighted by atomic mass is 16.6. The first-order valence-corrected chi connectivity index (χ1v) is 8.70. The monoisotopic (exact) mass is 369 g/mol. The number of benzene rings is 2. The quantitative estimate of drug-likeness (QED) is 0.578. The molecule has 2 N–H and O–H groups in total. The molecule has 0 aliphatic heterocycles. The third-order valence-electron chi connectivity index (χ3n) is 4.18. The van der Waals surface area contributed by atoms with Crippen LogP contribution in [-0.2, 0) is 4.79 Å². The first-order chi connectivity index (χ1) is 12.8. The number of amides is 2. The predicted octanol–water partition coefficient (Wildman–Crippen LogP) is 3.23. The number of non-ortho nitro benzene ring substituents is 1. The van der Waals surface area contributed by atoms with E-state index < -0.39 is 16.9 Å². The van der Waals surface area contributed by atoms with E-state index in [1.807, 2.05) is 44.2 Å². The van der Waals surface area contributed by atoms with E-state index in [1.165, 1.54) is 24.3 Å². The zero-order chi connectivity index (χ0) is 20.0. The fraction of sp³-hybridized carbons (Fsp3) is 0.300. The zero-order valence-electron chi connectivity index (χ0n) is 15.5. The molecule has 2 rings (SSSR count). The minimum Gasteiger partial charge on any atom is -0.347 e. The second kappa shape index (κ2) is 8.93. The van der Waals surface area contributed by atoms with Crippen molar-refractivity contribution in [2.75, 3.05) is 0 Å². The molecule has 0 saturated heterocycles. The van der Waals surface area contributed by atoms with Gasteiger partial charge in [0, 0.05) is 17.7 Å². The Hall–Kier alpha value is -3.22. The van der Waals surface area contributed by atoms with Crippen LogP contribution in [0.3, 0.4) is 0 Å². The summed E-state index contributed by atoms with van der Waals surface area (Å²) in [4.78, 5) is 35.1. The molecule has 0 radical (unpaired) electrons.